The molecule has 0 amide bonds. The van der Waals surface area contributed by atoms with Crippen molar-refractivity contribution in [2.45, 2.75) is 25.7 Å². The Kier molecular flexibility index (Phi) is 2.29. The molecule has 12 heavy (non-hydrogen) atoms. The summed E-state index contributed by atoms with van der Waals surface area (Å²) in [6.45, 7) is 0. The highest BCUT2D eigenvalue weighted by Gasteiger charge is 2.11. The monoisotopic (exact) mass is 158 g/mol. The van der Waals surface area contributed by atoms with Crippen LogP contribution < -0.4 is 0 Å². The second-order valence-electron chi connectivity index (χ2n) is 3.41. The standard InChI is InChI=1S/C12H14/c1-3-7-11(8-4-1)12-9-5-2-6-10-12/h3-5,7,9,12H,1-2,6,10H2. The fourth-order valence-corrected chi connectivity index (χ4v) is 1.79. The Balaban J connectivity index is 2.17. The summed E-state index contributed by atoms with van der Waals surface area (Å²) in [6, 6.07) is 0. The van der Waals surface area contributed by atoms with E-state index in [1.54, 1.807) is 0 Å². The molecule has 2 aliphatic carbocycles. The van der Waals surface area contributed by atoms with Gasteiger partial charge in [-0.25, -0.2) is 0 Å². The maximum atomic E-state index is 3.34. The first kappa shape index (κ1) is 7.64. The van der Waals surface area contributed by atoms with Crippen LogP contribution in [0.2, 0.25) is 0 Å². The molecule has 0 bridgehead atoms. The van der Waals surface area contributed by atoms with Crippen molar-refractivity contribution in [1.82, 2.24) is 0 Å². The Morgan fingerprint density at radius 1 is 1.33 bits per heavy atom. The predicted molar refractivity (Wildman–Crippen MR) is 51.8 cm³/mol. The minimum atomic E-state index is 0.645. The molecule has 0 aromatic carbocycles. The lowest BCUT2D eigenvalue weighted by atomic mass is 9.88. The van der Waals surface area contributed by atoms with Crippen LogP contribution in [0.5, 0.6) is 0 Å². The summed E-state index contributed by atoms with van der Waals surface area (Å²) in [5, 5.41) is 0. The molecular formula is C12H14. The fourth-order valence-electron chi connectivity index (χ4n) is 1.79. The Morgan fingerprint density at radius 3 is 3.00 bits per heavy atom. The highest BCUT2D eigenvalue weighted by molar-refractivity contribution is 5.28. The van der Waals surface area contributed by atoms with Crippen LogP contribution in [0.25, 0.3) is 0 Å². The third kappa shape index (κ3) is 1.60. The van der Waals surface area contributed by atoms with Gasteiger partial charge in [0, 0.05) is 11.5 Å². The minimum absolute atomic E-state index is 0.645. The second kappa shape index (κ2) is 3.60. The summed E-state index contributed by atoms with van der Waals surface area (Å²) < 4.78 is 0. The van der Waals surface area contributed by atoms with Gasteiger partial charge in [0.25, 0.3) is 0 Å². The van der Waals surface area contributed by atoms with Gasteiger partial charge in [-0.3, -0.25) is 0 Å². The van der Waals surface area contributed by atoms with Crippen molar-refractivity contribution < 1.29 is 0 Å². The van der Waals surface area contributed by atoms with Crippen LogP contribution in [0.3, 0.4) is 0 Å². The molecule has 2 aliphatic rings. The molecule has 0 saturated heterocycles. The van der Waals surface area contributed by atoms with Gasteiger partial charge < -0.3 is 0 Å². The lowest BCUT2D eigenvalue weighted by molar-refractivity contribution is 0.614. The van der Waals surface area contributed by atoms with E-state index in [9.17, 15) is 0 Å². The van der Waals surface area contributed by atoms with Gasteiger partial charge in [-0.15, -0.1) is 5.73 Å². The van der Waals surface area contributed by atoms with Crippen LogP contribution >= 0.6 is 0 Å². The van der Waals surface area contributed by atoms with Crippen molar-refractivity contribution >= 4 is 0 Å². The molecule has 2 rings (SSSR count). The largest absolute Gasteiger partial charge is 0.121 e. The third-order valence-corrected chi connectivity index (χ3v) is 2.47. The molecule has 0 spiro atoms. The zero-order chi connectivity index (χ0) is 8.23. The molecule has 0 nitrogen and oxygen atoms in total. The van der Waals surface area contributed by atoms with Crippen molar-refractivity contribution in [3.63, 3.8) is 0 Å². The number of hydrogen-bond donors (Lipinski definition) is 0. The molecule has 0 heteroatoms. The van der Waals surface area contributed by atoms with E-state index in [0.717, 1.165) is 6.42 Å². The smallest absolute Gasteiger partial charge is 0.00912 e. The molecule has 0 aromatic rings. The quantitative estimate of drug-likeness (QED) is 0.405. The fraction of sp³-hybridized carbons (Fsp3) is 0.417. The van der Waals surface area contributed by atoms with Crippen LogP contribution in [-0.4, -0.2) is 0 Å². The first-order valence-electron chi connectivity index (χ1n) is 4.75. The highest BCUT2D eigenvalue weighted by Crippen LogP contribution is 2.25. The molecule has 0 N–H and O–H groups in total. The Hall–Kier alpha value is -1.00. The lowest BCUT2D eigenvalue weighted by Gasteiger charge is -2.16. The summed E-state index contributed by atoms with van der Waals surface area (Å²) in [7, 11) is 0. The van der Waals surface area contributed by atoms with E-state index < -0.39 is 0 Å². The van der Waals surface area contributed by atoms with E-state index in [4.69, 9.17) is 0 Å². The molecule has 0 radical (unpaired) electrons. The molecule has 1 unspecified atom stereocenters. The first-order valence-corrected chi connectivity index (χ1v) is 4.75. The van der Waals surface area contributed by atoms with E-state index in [0.29, 0.717) is 5.92 Å². The van der Waals surface area contributed by atoms with Gasteiger partial charge in [0.15, 0.2) is 0 Å². The summed E-state index contributed by atoms with van der Waals surface area (Å²) in [6.07, 6.45) is 16.1. The summed E-state index contributed by atoms with van der Waals surface area (Å²) in [4.78, 5) is 0. The van der Waals surface area contributed by atoms with Crippen LogP contribution in [0.1, 0.15) is 25.7 Å². The number of rotatable bonds is 1. The minimum Gasteiger partial charge on any atom is -0.121 e. The molecule has 0 heterocycles. The first-order chi connectivity index (χ1) is 5.97. The molecule has 1 atom stereocenters. The average molecular weight is 158 g/mol. The van der Waals surface area contributed by atoms with E-state index >= 15 is 0 Å². The van der Waals surface area contributed by atoms with Gasteiger partial charge in [0.1, 0.15) is 0 Å². The van der Waals surface area contributed by atoms with Crippen LogP contribution in [0.4, 0.5) is 0 Å². The zero-order valence-electron chi connectivity index (χ0n) is 7.29. The van der Waals surface area contributed by atoms with Crippen molar-refractivity contribution in [1.29, 1.82) is 0 Å². The highest BCUT2D eigenvalue weighted by atomic mass is 14.1. The van der Waals surface area contributed by atoms with Gasteiger partial charge in [-0.1, -0.05) is 24.3 Å². The van der Waals surface area contributed by atoms with Crippen molar-refractivity contribution in [2.75, 3.05) is 0 Å². The average Bonchev–Trinajstić information content (AvgIpc) is 2.21. The molecular weight excluding hydrogens is 144 g/mol. The third-order valence-electron chi connectivity index (χ3n) is 2.47. The summed E-state index contributed by atoms with van der Waals surface area (Å²) >= 11 is 0. The van der Waals surface area contributed by atoms with Gasteiger partial charge in [0.2, 0.25) is 0 Å². The summed E-state index contributed by atoms with van der Waals surface area (Å²) in [5.74, 6) is 0.645. The predicted octanol–water partition coefficient (Wildman–Crippen LogP) is 3.38. The zero-order valence-corrected chi connectivity index (χ0v) is 7.29. The molecule has 0 saturated carbocycles. The van der Waals surface area contributed by atoms with Gasteiger partial charge in [0.05, 0.1) is 0 Å². The number of hydrogen-bond acceptors (Lipinski definition) is 0. The van der Waals surface area contributed by atoms with E-state index in [1.165, 1.54) is 24.8 Å². The van der Waals surface area contributed by atoms with Crippen molar-refractivity contribution in [3.8, 4) is 0 Å². The molecule has 0 aromatic heterocycles. The maximum Gasteiger partial charge on any atom is 0.00912 e. The topological polar surface area (TPSA) is 0 Å². The van der Waals surface area contributed by atoms with Gasteiger partial charge >= 0.3 is 0 Å². The Labute approximate surface area is 74.0 Å². The summed E-state index contributed by atoms with van der Waals surface area (Å²) in [5.41, 5.74) is 4.71. The van der Waals surface area contributed by atoms with Gasteiger partial charge in [-0.2, -0.15) is 0 Å². The SMILES string of the molecule is C1=CCC=CC=1C1C=CCCC1. The Bertz CT molecular complexity index is 272. The molecule has 0 aliphatic heterocycles. The molecule has 62 valence electrons. The van der Waals surface area contributed by atoms with Gasteiger partial charge in [-0.05, 0) is 31.8 Å². The van der Waals surface area contributed by atoms with Crippen molar-refractivity contribution in [3.05, 3.63) is 41.7 Å². The van der Waals surface area contributed by atoms with E-state index in [2.05, 4.69) is 36.1 Å². The van der Waals surface area contributed by atoms with E-state index in [1.807, 2.05) is 0 Å². The van der Waals surface area contributed by atoms with Crippen LogP contribution in [0.15, 0.2) is 41.7 Å². The second-order valence-corrected chi connectivity index (χ2v) is 3.41. The van der Waals surface area contributed by atoms with E-state index in [-0.39, 0.29) is 0 Å². The van der Waals surface area contributed by atoms with Crippen LogP contribution in [0, 0.1) is 5.92 Å². The van der Waals surface area contributed by atoms with Crippen molar-refractivity contribution in [2.24, 2.45) is 5.92 Å². The normalized spacial score (nSPS) is 27.3. The maximum absolute atomic E-state index is 3.34. The Morgan fingerprint density at radius 2 is 2.33 bits per heavy atom. The lowest BCUT2D eigenvalue weighted by Crippen LogP contribution is -2.02. The number of allylic oxidation sites excluding steroid dienone is 5. The van der Waals surface area contributed by atoms with Crippen LogP contribution in [-0.2, 0) is 0 Å². The molecule has 0 fully saturated rings.